The number of thiophene rings is 1. The molecule has 0 atom stereocenters. The summed E-state index contributed by atoms with van der Waals surface area (Å²) in [6.45, 7) is 2.44. The van der Waals surface area contributed by atoms with E-state index in [0.717, 1.165) is 22.1 Å². The maximum atomic E-state index is 12.7. The highest BCUT2D eigenvalue weighted by atomic mass is 32.1. The first-order valence-corrected chi connectivity index (χ1v) is 9.49. The average Bonchev–Trinajstić information content (AvgIpc) is 3.10. The van der Waals surface area contributed by atoms with Gasteiger partial charge in [-0.15, -0.1) is 11.3 Å². The third-order valence-electron chi connectivity index (χ3n) is 4.33. The van der Waals surface area contributed by atoms with Gasteiger partial charge >= 0.3 is 0 Å². The van der Waals surface area contributed by atoms with Crippen molar-refractivity contribution in [2.24, 2.45) is 0 Å². The van der Waals surface area contributed by atoms with Crippen molar-refractivity contribution >= 4 is 32.4 Å². The van der Waals surface area contributed by atoms with E-state index in [1.54, 1.807) is 17.4 Å². The van der Waals surface area contributed by atoms with Crippen LogP contribution in [0, 0.1) is 0 Å². The molecule has 0 amide bonds. The predicted octanol–water partition coefficient (Wildman–Crippen LogP) is 5.18. The second kappa shape index (κ2) is 6.96. The number of phenols is 1. The second-order valence-corrected chi connectivity index (χ2v) is 7.01. The van der Waals surface area contributed by atoms with Gasteiger partial charge in [-0.1, -0.05) is 25.1 Å². The Balaban J connectivity index is 1.96. The topological polar surface area (TPSA) is 68.9 Å². The quantitative estimate of drug-likeness (QED) is 0.515. The zero-order valence-electron chi connectivity index (χ0n) is 14.9. The maximum Gasteiger partial charge on any atom is 0.204 e. The fraction of sp³-hybridized carbons (Fsp3) is 0.190. The Bertz CT molecular complexity index is 1190. The summed E-state index contributed by atoms with van der Waals surface area (Å²) in [7, 11) is 1.42. The second-order valence-electron chi connectivity index (χ2n) is 6.10. The number of hydrogen-bond donors (Lipinski definition) is 1. The van der Waals surface area contributed by atoms with Gasteiger partial charge in [0, 0.05) is 33.2 Å². The van der Waals surface area contributed by atoms with E-state index in [-0.39, 0.29) is 27.9 Å². The number of methoxy groups -OCH3 is 1. The van der Waals surface area contributed by atoms with E-state index in [0.29, 0.717) is 18.1 Å². The van der Waals surface area contributed by atoms with E-state index < -0.39 is 0 Å². The molecule has 0 unspecified atom stereocenters. The first-order chi connectivity index (χ1) is 13.1. The lowest BCUT2D eigenvalue weighted by atomic mass is 10.1. The van der Waals surface area contributed by atoms with Crippen LogP contribution in [0.1, 0.15) is 13.3 Å². The van der Waals surface area contributed by atoms with Crippen molar-refractivity contribution in [2.45, 2.75) is 13.3 Å². The fourth-order valence-corrected chi connectivity index (χ4v) is 4.03. The van der Waals surface area contributed by atoms with Gasteiger partial charge in [0.05, 0.1) is 13.7 Å². The molecule has 2 aromatic carbocycles. The minimum atomic E-state index is -0.334. The molecule has 0 fully saturated rings. The Hall–Kier alpha value is -2.99. The molecule has 27 heavy (non-hydrogen) atoms. The van der Waals surface area contributed by atoms with Crippen LogP contribution < -0.4 is 14.9 Å². The van der Waals surface area contributed by atoms with Crippen LogP contribution >= 0.6 is 11.3 Å². The van der Waals surface area contributed by atoms with Crippen LogP contribution in [0.15, 0.2) is 51.0 Å². The summed E-state index contributed by atoms with van der Waals surface area (Å²) >= 11 is 1.59. The Labute approximate surface area is 159 Å². The molecule has 4 rings (SSSR count). The largest absolute Gasteiger partial charge is 0.504 e. The van der Waals surface area contributed by atoms with E-state index in [1.807, 2.05) is 36.6 Å². The third kappa shape index (κ3) is 2.92. The molecule has 2 aromatic heterocycles. The van der Waals surface area contributed by atoms with Crippen molar-refractivity contribution in [1.29, 1.82) is 0 Å². The fourth-order valence-electron chi connectivity index (χ4n) is 3.08. The molecule has 0 aliphatic heterocycles. The van der Waals surface area contributed by atoms with Gasteiger partial charge in [0.2, 0.25) is 5.75 Å². The molecular formula is C21H18O5S. The van der Waals surface area contributed by atoms with Crippen LogP contribution in [-0.4, -0.2) is 18.8 Å². The average molecular weight is 382 g/mol. The SMILES string of the molecule is CCCOc1cc2oc(-c3csc4ccccc34)cc(=O)c2c(O)c1OC. The monoisotopic (exact) mass is 382 g/mol. The molecular weight excluding hydrogens is 364 g/mol. The van der Waals surface area contributed by atoms with Crippen molar-refractivity contribution in [1.82, 2.24) is 0 Å². The van der Waals surface area contributed by atoms with Crippen LogP contribution in [0.2, 0.25) is 0 Å². The molecule has 1 N–H and O–H groups in total. The lowest BCUT2D eigenvalue weighted by Gasteiger charge is -2.13. The molecule has 2 heterocycles. The molecule has 0 aliphatic rings. The summed E-state index contributed by atoms with van der Waals surface area (Å²) in [6, 6.07) is 10.9. The first-order valence-electron chi connectivity index (χ1n) is 8.61. The number of rotatable bonds is 5. The smallest absolute Gasteiger partial charge is 0.204 e. The number of hydrogen-bond acceptors (Lipinski definition) is 6. The number of fused-ring (bicyclic) bond motifs is 2. The molecule has 0 saturated heterocycles. The number of aromatic hydroxyl groups is 1. The summed E-state index contributed by atoms with van der Waals surface area (Å²) in [6.07, 6.45) is 0.798. The summed E-state index contributed by atoms with van der Waals surface area (Å²) in [5.74, 6) is 0.671. The first kappa shape index (κ1) is 17.4. The van der Waals surface area contributed by atoms with E-state index in [1.165, 1.54) is 13.2 Å². The Morgan fingerprint density at radius 3 is 2.81 bits per heavy atom. The predicted molar refractivity (Wildman–Crippen MR) is 107 cm³/mol. The van der Waals surface area contributed by atoms with E-state index >= 15 is 0 Å². The molecule has 0 bridgehead atoms. The van der Waals surface area contributed by atoms with Gasteiger partial charge in [-0.25, -0.2) is 0 Å². The van der Waals surface area contributed by atoms with E-state index in [2.05, 4.69) is 0 Å². The minimum Gasteiger partial charge on any atom is -0.504 e. The number of benzene rings is 2. The third-order valence-corrected chi connectivity index (χ3v) is 5.29. The molecule has 4 aromatic rings. The van der Waals surface area contributed by atoms with Crippen LogP contribution in [0.3, 0.4) is 0 Å². The van der Waals surface area contributed by atoms with Crippen molar-refractivity contribution in [3.05, 3.63) is 52.0 Å². The minimum absolute atomic E-state index is 0.0824. The van der Waals surface area contributed by atoms with Crippen molar-refractivity contribution in [2.75, 3.05) is 13.7 Å². The number of ether oxygens (including phenoxy) is 2. The highest BCUT2D eigenvalue weighted by Gasteiger charge is 2.20. The standard InChI is InChI=1S/C21H18O5S/c1-3-8-25-17-10-16-19(20(23)21(17)24-2)14(22)9-15(26-16)13-11-27-18-7-5-4-6-12(13)18/h4-7,9-11,23H,3,8H2,1-2H3. The van der Waals surface area contributed by atoms with Crippen LogP contribution in [0.25, 0.3) is 32.4 Å². The summed E-state index contributed by atoms with van der Waals surface area (Å²) in [5, 5.41) is 13.6. The Kier molecular flexibility index (Phi) is 4.49. The van der Waals surface area contributed by atoms with Crippen LogP contribution in [-0.2, 0) is 0 Å². The molecule has 0 aliphatic carbocycles. The van der Waals surface area contributed by atoms with Gasteiger partial charge < -0.3 is 19.0 Å². The zero-order valence-corrected chi connectivity index (χ0v) is 15.8. The molecule has 5 nitrogen and oxygen atoms in total. The summed E-state index contributed by atoms with van der Waals surface area (Å²) < 4.78 is 18.0. The van der Waals surface area contributed by atoms with Gasteiger partial charge in [0.25, 0.3) is 0 Å². The molecule has 6 heteroatoms. The van der Waals surface area contributed by atoms with Crippen LogP contribution in [0.5, 0.6) is 17.2 Å². The van der Waals surface area contributed by atoms with Crippen molar-refractivity contribution < 1.29 is 19.0 Å². The van der Waals surface area contributed by atoms with Gasteiger partial charge in [-0.05, 0) is 12.5 Å². The lowest BCUT2D eigenvalue weighted by Crippen LogP contribution is -2.04. The van der Waals surface area contributed by atoms with Crippen molar-refractivity contribution in [3.8, 4) is 28.6 Å². The zero-order chi connectivity index (χ0) is 19.0. The number of phenolic OH excluding ortho intramolecular Hbond substituents is 1. The van der Waals surface area contributed by atoms with E-state index in [4.69, 9.17) is 13.9 Å². The molecule has 0 radical (unpaired) electrons. The van der Waals surface area contributed by atoms with Gasteiger partial charge in [0.1, 0.15) is 16.7 Å². The summed E-state index contributed by atoms with van der Waals surface area (Å²) in [5.41, 5.74) is 0.775. The van der Waals surface area contributed by atoms with Gasteiger partial charge in [0.15, 0.2) is 16.9 Å². The normalized spacial score (nSPS) is 11.2. The van der Waals surface area contributed by atoms with Crippen LogP contribution in [0.4, 0.5) is 0 Å². The Morgan fingerprint density at radius 2 is 2.04 bits per heavy atom. The highest BCUT2D eigenvalue weighted by Crippen LogP contribution is 2.43. The van der Waals surface area contributed by atoms with E-state index in [9.17, 15) is 9.90 Å². The molecule has 138 valence electrons. The van der Waals surface area contributed by atoms with Gasteiger partial charge in [-0.3, -0.25) is 4.79 Å². The molecule has 0 spiro atoms. The maximum absolute atomic E-state index is 12.7. The molecule has 0 saturated carbocycles. The Morgan fingerprint density at radius 1 is 1.22 bits per heavy atom. The lowest BCUT2D eigenvalue weighted by molar-refractivity contribution is 0.287. The van der Waals surface area contributed by atoms with Crippen molar-refractivity contribution in [3.63, 3.8) is 0 Å². The van der Waals surface area contributed by atoms with Gasteiger partial charge in [-0.2, -0.15) is 0 Å². The highest BCUT2D eigenvalue weighted by molar-refractivity contribution is 7.17. The summed E-state index contributed by atoms with van der Waals surface area (Å²) in [4.78, 5) is 12.7.